The number of carbonyl (C=O) groups is 1. The van der Waals surface area contributed by atoms with E-state index in [1.807, 2.05) is 0 Å². The van der Waals surface area contributed by atoms with Crippen molar-refractivity contribution in [2.24, 2.45) is 0 Å². The number of nitrogens with one attached hydrogen (secondary N) is 1. The van der Waals surface area contributed by atoms with Crippen LogP contribution in [0.3, 0.4) is 0 Å². The SMILES string of the molecule is O=C(Nc1ccc(OC(F)(F)F)cc1)c1cccc2c1OCC(CO)N2c1ccc(Cl)cn1. The number of aliphatic hydroxyl groups excluding tert-OH is 1. The lowest BCUT2D eigenvalue weighted by molar-refractivity contribution is -0.274. The van der Waals surface area contributed by atoms with Gasteiger partial charge in [0.25, 0.3) is 5.91 Å². The van der Waals surface area contributed by atoms with Crippen molar-refractivity contribution in [1.29, 1.82) is 0 Å². The molecule has 0 saturated heterocycles. The number of ether oxygens (including phenoxy) is 2. The summed E-state index contributed by atoms with van der Waals surface area (Å²) in [6.07, 6.45) is -3.33. The highest BCUT2D eigenvalue weighted by atomic mass is 35.5. The lowest BCUT2D eigenvalue weighted by Gasteiger charge is -2.37. The third kappa shape index (κ3) is 5.12. The highest BCUT2D eigenvalue weighted by Gasteiger charge is 2.33. The first-order valence-corrected chi connectivity index (χ1v) is 10.1. The number of rotatable bonds is 5. The van der Waals surface area contributed by atoms with Crippen LogP contribution in [-0.2, 0) is 0 Å². The Morgan fingerprint density at radius 1 is 1.21 bits per heavy atom. The molecule has 0 bridgehead atoms. The van der Waals surface area contributed by atoms with Gasteiger partial charge in [-0.2, -0.15) is 0 Å². The number of para-hydroxylation sites is 1. The van der Waals surface area contributed by atoms with Gasteiger partial charge in [-0.25, -0.2) is 4.98 Å². The third-order valence-corrected chi connectivity index (χ3v) is 5.02. The third-order valence-electron chi connectivity index (χ3n) is 4.80. The van der Waals surface area contributed by atoms with Crippen molar-refractivity contribution in [3.63, 3.8) is 0 Å². The number of amides is 1. The van der Waals surface area contributed by atoms with E-state index in [0.717, 1.165) is 12.1 Å². The number of hydrogen-bond acceptors (Lipinski definition) is 6. The summed E-state index contributed by atoms with van der Waals surface area (Å²) in [4.78, 5) is 19.0. The highest BCUT2D eigenvalue weighted by molar-refractivity contribution is 6.30. The molecule has 0 saturated carbocycles. The minimum Gasteiger partial charge on any atom is -0.488 e. The molecule has 2 N–H and O–H groups in total. The summed E-state index contributed by atoms with van der Waals surface area (Å²) in [6.45, 7) is -0.117. The molecular weight excluding hydrogens is 463 g/mol. The van der Waals surface area contributed by atoms with Crippen LogP contribution in [0.4, 0.5) is 30.4 Å². The van der Waals surface area contributed by atoms with Crippen molar-refractivity contribution < 1.29 is 32.5 Å². The molecule has 1 aliphatic rings. The molecule has 11 heteroatoms. The highest BCUT2D eigenvalue weighted by Crippen LogP contribution is 2.41. The Balaban J connectivity index is 1.60. The summed E-state index contributed by atoms with van der Waals surface area (Å²) < 4.78 is 46.6. The molecule has 1 atom stereocenters. The van der Waals surface area contributed by atoms with Gasteiger partial charge in [-0.1, -0.05) is 17.7 Å². The molecule has 2 aromatic carbocycles. The minimum atomic E-state index is -4.80. The Bertz CT molecular complexity index is 1140. The van der Waals surface area contributed by atoms with Crippen LogP contribution in [0.5, 0.6) is 11.5 Å². The molecule has 1 aromatic heterocycles. The van der Waals surface area contributed by atoms with Gasteiger partial charge < -0.3 is 24.8 Å². The van der Waals surface area contributed by atoms with Crippen LogP contribution in [0, 0.1) is 0 Å². The van der Waals surface area contributed by atoms with Gasteiger partial charge >= 0.3 is 6.36 Å². The summed E-state index contributed by atoms with van der Waals surface area (Å²) in [5.41, 5.74) is 1.00. The Morgan fingerprint density at radius 2 is 1.97 bits per heavy atom. The molecule has 1 unspecified atom stereocenters. The van der Waals surface area contributed by atoms with Crippen LogP contribution in [-0.4, -0.2) is 41.6 Å². The number of hydrogen-bond donors (Lipinski definition) is 2. The fourth-order valence-electron chi connectivity index (χ4n) is 3.39. The van der Waals surface area contributed by atoms with Crippen LogP contribution in [0.15, 0.2) is 60.8 Å². The number of aromatic nitrogens is 1. The molecule has 0 aliphatic carbocycles. The maximum absolute atomic E-state index is 12.9. The Hall–Kier alpha value is -3.50. The average molecular weight is 480 g/mol. The molecule has 4 rings (SSSR count). The molecule has 33 heavy (non-hydrogen) atoms. The van der Waals surface area contributed by atoms with Crippen molar-refractivity contribution in [2.75, 3.05) is 23.4 Å². The first-order valence-electron chi connectivity index (χ1n) is 9.70. The van der Waals surface area contributed by atoms with Gasteiger partial charge in [-0.15, -0.1) is 13.2 Å². The Labute approximate surface area is 191 Å². The molecule has 7 nitrogen and oxygen atoms in total. The lowest BCUT2D eigenvalue weighted by atomic mass is 10.1. The predicted molar refractivity (Wildman–Crippen MR) is 115 cm³/mol. The fourth-order valence-corrected chi connectivity index (χ4v) is 3.50. The molecule has 172 valence electrons. The second kappa shape index (κ2) is 9.16. The van der Waals surface area contributed by atoms with E-state index in [1.165, 1.54) is 18.3 Å². The van der Waals surface area contributed by atoms with Crippen LogP contribution >= 0.6 is 11.6 Å². The second-order valence-electron chi connectivity index (χ2n) is 7.03. The molecule has 0 radical (unpaired) electrons. The van der Waals surface area contributed by atoms with E-state index in [-0.39, 0.29) is 30.2 Å². The zero-order valence-electron chi connectivity index (χ0n) is 16.8. The first-order chi connectivity index (χ1) is 15.7. The number of fused-ring (bicyclic) bond motifs is 1. The number of pyridine rings is 1. The predicted octanol–water partition coefficient (Wildman–Crippen LogP) is 4.78. The van der Waals surface area contributed by atoms with Crippen LogP contribution in [0.1, 0.15) is 10.4 Å². The van der Waals surface area contributed by atoms with E-state index in [2.05, 4.69) is 15.0 Å². The van der Waals surface area contributed by atoms with Crippen LogP contribution < -0.4 is 19.7 Å². The lowest BCUT2D eigenvalue weighted by Crippen LogP contribution is -2.43. The van der Waals surface area contributed by atoms with E-state index in [9.17, 15) is 23.1 Å². The zero-order valence-corrected chi connectivity index (χ0v) is 17.6. The minimum absolute atomic E-state index is 0.0988. The number of alkyl halides is 3. The van der Waals surface area contributed by atoms with Crippen molar-refractivity contribution in [2.45, 2.75) is 12.4 Å². The van der Waals surface area contributed by atoms with Crippen molar-refractivity contribution in [1.82, 2.24) is 4.98 Å². The summed E-state index contributed by atoms with van der Waals surface area (Å²) in [5, 5.41) is 12.9. The van der Waals surface area contributed by atoms with Gasteiger partial charge in [0.1, 0.15) is 18.2 Å². The Morgan fingerprint density at radius 3 is 2.61 bits per heavy atom. The second-order valence-corrected chi connectivity index (χ2v) is 7.47. The molecule has 0 spiro atoms. The maximum Gasteiger partial charge on any atom is 0.573 e. The molecule has 2 heterocycles. The monoisotopic (exact) mass is 479 g/mol. The zero-order chi connectivity index (χ0) is 23.6. The molecule has 0 fully saturated rings. The number of aliphatic hydroxyl groups is 1. The van der Waals surface area contributed by atoms with Gasteiger partial charge in [0, 0.05) is 11.9 Å². The number of carbonyl (C=O) groups excluding carboxylic acids is 1. The summed E-state index contributed by atoms with van der Waals surface area (Å²) >= 11 is 5.93. The average Bonchev–Trinajstić information content (AvgIpc) is 2.79. The Kier molecular flexibility index (Phi) is 6.30. The van der Waals surface area contributed by atoms with E-state index in [4.69, 9.17) is 16.3 Å². The first kappa shape index (κ1) is 22.7. The van der Waals surface area contributed by atoms with E-state index in [1.54, 1.807) is 35.2 Å². The number of anilines is 3. The van der Waals surface area contributed by atoms with Gasteiger partial charge in [0.05, 0.1) is 28.9 Å². The summed E-state index contributed by atoms with van der Waals surface area (Å²) in [6, 6.07) is 12.6. The van der Waals surface area contributed by atoms with Gasteiger partial charge in [-0.05, 0) is 48.5 Å². The normalized spacial score (nSPS) is 15.4. The number of benzene rings is 2. The standard InChI is InChI=1S/C22H17ClF3N3O4/c23-13-4-9-19(27-10-13)29-15(11-30)12-32-20-17(2-1-3-18(20)29)21(31)28-14-5-7-16(8-6-14)33-22(24,25)26/h1-10,15,30H,11-12H2,(H,28,31). The van der Waals surface area contributed by atoms with Gasteiger partial charge in [0.2, 0.25) is 0 Å². The van der Waals surface area contributed by atoms with Crippen molar-refractivity contribution in [3.8, 4) is 11.5 Å². The number of halogens is 4. The van der Waals surface area contributed by atoms with Crippen molar-refractivity contribution in [3.05, 3.63) is 71.4 Å². The molecule has 3 aromatic rings. The maximum atomic E-state index is 12.9. The molecular formula is C22H17ClF3N3O4. The largest absolute Gasteiger partial charge is 0.573 e. The van der Waals surface area contributed by atoms with Crippen molar-refractivity contribution >= 4 is 34.7 Å². The summed E-state index contributed by atoms with van der Waals surface area (Å²) in [5.74, 6) is -0.126. The molecule has 1 amide bonds. The van der Waals surface area contributed by atoms with E-state index >= 15 is 0 Å². The number of nitrogens with zero attached hydrogens (tertiary/aromatic N) is 2. The topological polar surface area (TPSA) is 83.9 Å². The van der Waals surface area contributed by atoms with Gasteiger partial charge in [-0.3, -0.25) is 4.79 Å². The van der Waals surface area contributed by atoms with Crippen LogP contribution in [0.25, 0.3) is 0 Å². The van der Waals surface area contributed by atoms with E-state index in [0.29, 0.717) is 16.5 Å². The van der Waals surface area contributed by atoms with Gasteiger partial charge in [0.15, 0.2) is 5.75 Å². The summed E-state index contributed by atoms with van der Waals surface area (Å²) in [7, 11) is 0. The smallest absolute Gasteiger partial charge is 0.488 e. The molecule has 1 aliphatic heterocycles. The quantitative estimate of drug-likeness (QED) is 0.548. The van der Waals surface area contributed by atoms with E-state index < -0.39 is 24.1 Å². The van der Waals surface area contributed by atoms with Crippen LogP contribution in [0.2, 0.25) is 5.02 Å². The fraction of sp³-hybridized carbons (Fsp3) is 0.182.